The van der Waals surface area contributed by atoms with Crippen LogP contribution in [0.1, 0.15) is 24.4 Å². The molecule has 0 unspecified atom stereocenters. The maximum Gasteiger partial charge on any atom is 0.333 e. The number of anilines is 1. The van der Waals surface area contributed by atoms with Gasteiger partial charge in [-0.05, 0) is 36.6 Å². The second kappa shape index (κ2) is 8.20. The average Bonchev–Trinajstić information content (AvgIpc) is 3.47. The molecule has 2 aliphatic rings. The van der Waals surface area contributed by atoms with Gasteiger partial charge in [0.1, 0.15) is 17.8 Å². The highest BCUT2D eigenvalue weighted by Gasteiger charge is 2.35. The summed E-state index contributed by atoms with van der Waals surface area (Å²) in [6, 6.07) is 7.66. The first-order valence-electron chi connectivity index (χ1n) is 10.2. The lowest BCUT2D eigenvalue weighted by Gasteiger charge is -2.14. The SMILES string of the molecule is NS(=O)(=O)OC[C@@H]1C[C@@H](n2ccc3c(NCc4ccc5c(c4)OCO5)ncnc32)C[C@@H]1O. The molecule has 4 N–H and O–H groups in total. The Morgan fingerprint density at radius 2 is 2.06 bits per heavy atom. The van der Waals surface area contributed by atoms with E-state index in [1.165, 1.54) is 6.33 Å². The molecule has 1 fully saturated rings. The number of hydrogen-bond donors (Lipinski definition) is 3. The highest BCUT2D eigenvalue weighted by atomic mass is 32.2. The van der Waals surface area contributed by atoms with Crippen molar-refractivity contribution in [3.8, 4) is 11.5 Å². The first-order valence-corrected chi connectivity index (χ1v) is 11.6. The van der Waals surface area contributed by atoms with Gasteiger partial charge in [0.25, 0.3) is 0 Å². The van der Waals surface area contributed by atoms with E-state index in [4.69, 9.17) is 14.6 Å². The first kappa shape index (κ1) is 20.9. The molecule has 32 heavy (non-hydrogen) atoms. The van der Waals surface area contributed by atoms with Gasteiger partial charge in [-0.25, -0.2) is 15.1 Å². The Bertz CT molecular complexity index is 1250. The largest absolute Gasteiger partial charge is 0.454 e. The van der Waals surface area contributed by atoms with Crippen molar-refractivity contribution in [1.29, 1.82) is 0 Å². The van der Waals surface area contributed by atoms with E-state index in [2.05, 4.69) is 19.5 Å². The fraction of sp³-hybridized carbons (Fsp3) is 0.400. The predicted molar refractivity (Wildman–Crippen MR) is 114 cm³/mol. The molecule has 11 nitrogen and oxygen atoms in total. The Hall–Kier alpha value is -2.93. The Labute approximate surface area is 184 Å². The molecule has 0 radical (unpaired) electrons. The monoisotopic (exact) mass is 461 g/mol. The summed E-state index contributed by atoms with van der Waals surface area (Å²) in [4.78, 5) is 8.81. The molecule has 1 aromatic carbocycles. The Morgan fingerprint density at radius 3 is 2.91 bits per heavy atom. The third-order valence-electron chi connectivity index (χ3n) is 5.88. The van der Waals surface area contributed by atoms with Crippen LogP contribution in [0.5, 0.6) is 11.5 Å². The van der Waals surface area contributed by atoms with Crippen LogP contribution >= 0.6 is 0 Å². The fourth-order valence-electron chi connectivity index (χ4n) is 4.31. The summed E-state index contributed by atoms with van der Waals surface area (Å²) in [6.07, 6.45) is 3.72. The minimum atomic E-state index is -4.04. The molecule has 1 saturated carbocycles. The third kappa shape index (κ3) is 4.21. The van der Waals surface area contributed by atoms with Crippen LogP contribution in [-0.2, 0) is 21.0 Å². The van der Waals surface area contributed by atoms with Gasteiger partial charge in [-0.1, -0.05) is 6.07 Å². The third-order valence-corrected chi connectivity index (χ3v) is 6.34. The van der Waals surface area contributed by atoms with Crippen molar-refractivity contribution in [2.45, 2.75) is 31.5 Å². The molecule has 0 saturated heterocycles. The number of aromatic nitrogens is 3. The number of nitrogens with one attached hydrogen (secondary N) is 1. The molecule has 2 aromatic heterocycles. The summed E-state index contributed by atoms with van der Waals surface area (Å²) >= 11 is 0. The van der Waals surface area contributed by atoms with Crippen molar-refractivity contribution in [3.05, 3.63) is 42.4 Å². The van der Waals surface area contributed by atoms with E-state index in [9.17, 15) is 13.5 Å². The normalized spacial score (nSPS) is 22.5. The predicted octanol–water partition coefficient (Wildman–Crippen LogP) is 1.30. The lowest BCUT2D eigenvalue weighted by atomic mass is 10.1. The van der Waals surface area contributed by atoms with Gasteiger partial charge in [0.05, 0.1) is 18.1 Å². The zero-order valence-corrected chi connectivity index (χ0v) is 17.9. The highest BCUT2D eigenvalue weighted by molar-refractivity contribution is 7.84. The van der Waals surface area contributed by atoms with Crippen molar-refractivity contribution in [3.63, 3.8) is 0 Å². The quantitative estimate of drug-likeness (QED) is 0.473. The van der Waals surface area contributed by atoms with E-state index in [-0.39, 0.29) is 25.4 Å². The lowest BCUT2D eigenvalue weighted by Crippen LogP contribution is -2.24. The number of ether oxygens (including phenoxy) is 2. The van der Waals surface area contributed by atoms with Crippen LogP contribution in [0.15, 0.2) is 36.8 Å². The smallest absolute Gasteiger partial charge is 0.333 e. The topological polar surface area (TPSA) is 151 Å². The summed E-state index contributed by atoms with van der Waals surface area (Å²) in [7, 11) is -4.04. The van der Waals surface area contributed by atoms with Crippen molar-refractivity contribution >= 4 is 27.2 Å². The second-order valence-electron chi connectivity index (χ2n) is 7.95. The second-order valence-corrected chi connectivity index (χ2v) is 9.18. The number of aliphatic hydroxyl groups excluding tert-OH is 1. The summed E-state index contributed by atoms with van der Waals surface area (Å²) < 4.78 is 39.6. The minimum absolute atomic E-state index is 0.0480. The van der Waals surface area contributed by atoms with Crippen LogP contribution < -0.4 is 19.9 Å². The number of nitrogens with two attached hydrogens (primary N) is 1. The molecule has 3 heterocycles. The Balaban J connectivity index is 1.31. The molecule has 3 atom stereocenters. The van der Waals surface area contributed by atoms with Crippen LogP contribution in [0, 0.1) is 5.92 Å². The van der Waals surface area contributed by atoms with E-state index in [1.807, 2.05) is 35.0 Å². The van der Waals surface area contributed by atoms with Gasteiger partial charge in [0, 0.05) is 24.7 Å². The van der Waals surface area contributed by atoms with E-state index in [0.717, 1.165) is 28.1 Å². The fourth-order valence-corrected chi connectivity index (χ4v) is 4.67. The Morgan fingerprint density at radius 1 is 1.22 bits per heavy atom. The summed E-state index contributed by atoms with van der Waals surface area (Å²) in [5.41, 5.74) is 1.76. The van der Waals surface area contributed by atoms with Gasteiger partial charge in [0.15, 0.2) is 11.5 Å². The zero-order valence-electron chi connectivity index (χ0n) is 17.0. The van der Waals surface area contributed by atoms with Crippen molar-refractivity contribution in [1.82, 2.24) is 14.5 Å². The van der Waals surface area contributed by atoms with E-state index in [0.29, 0.717) is 25.2 Å². The molecule has 3 aromatic rings. The van der Waals surface area contributed by atoms with Gasteiger partial charge in [-0.3, -0.25) is 4.18 Å². The molecular weight excluding hydrogens is 438 g/mol. The number of nitrogens with zero attached hydrogens (tertiary/aromatic N) is 3. The van der Waals surface area contributed by atoms with Gasteiger partial charge in [-0.2, -0.15) is 8.42 Å². The number of fused-ring (bicyclic) bond motifs is 2. The van der Waals surface area contributed by atoms with Crippen molar-refractivity contribution in [2.24, 2.45) is 11.1 Å². The highest BCUT2D eigenvalue weighted by Crippen LogP contribution is 2.38. The molecule has 0 bridgehead atoms. The summed E-state index contributed by atoms with van der Waals surface area (Å²) in [6.45, 7) is 0.632. The van der Waals surface area contributed by atoms with Crippen molar-refractivity contribution < 1.29 is 27.2 Å². The maximum atomic E-state index is 11.1. The van der Waals surface area contributed by atoms with Crippen LogP contribution in [0.25, 0.3) is 11.0 Å². The standard InChI is InChI=1S/C20H23N5O6S/c21-32(27,28)31-9-13-6-14(7-16(13)26)25-4-3-15-19(23-10-24-20(15)25)22-8-12-1-2-17-18(5-12)30-11-29-17/h1-5,10,13-14,16,26H,6-9,11H2,(H2,21,27,28)(H,22,23,24)/t13-,14+,16-/m0/s1. The van der Waals surface area contributed by atoms with Crippen LogP contribution in [0.4, 0.5) is 5.82 Å². The minimum Gasteiger partial charge on any atom is -0.454 e. The van der Waals surface area contributed by atoms with Gasteiger partial charge < -0.3 is 24.5 Å². The Kier molecular flexibility index (Phi) is 5.37. The van der Waals surface area contributed by atoms with E-state index < -0.39 is 16.4 Å². The lowest BCUT2D eigenvalue weighted by molar-refractivity contribution is 0.100. The number of rotatable bonds is 7. The van der Waals surface area contributed by atoms with Gasteiger partial charge >= 0.3 is 10.3 Å². The molecule has 1 aliphatic carbocycles. The number of hydrogen-bond acceptors (Lipinski definition) is 9. The number of benzene rings is 1. The van der Waals surface area contributed by atoms with Crippen molar-refractivity contribution in [2.75, 3.05) is 18.7 Å². The van der Waals surface area contributed by atoms with Crippen LogP contribution in [0.2, 0.25) is 0 Å². The van der Waals surface area contributed by atoms with E-state index >= 15 is 0 Å². The molecule has 5 rings (SSSR count). The summed E-state index contributed by atoms with van der Waals surface area (Å²) in [5, 5.41) is 19.5. The van der Waals surface area contributed by atoms with E-state index in [1.54, 1.807) is 0 Å². The molecule has 12 heteroatoms. The first-order chi connectivity index (χ1) is 15.4. The van der Waals surface area contributed by atoms with Crippen LogP contribution in [0.3, 0.4) is 0 Å². The molecular formula is C20H23N5O6S. The summed E-state index contributed by atoms with van der Waals surface area (Å²) in [5.74, 6) is 1.83. The number of aliphatic hydroxyl groups is 1. The molecule has 1 aliphatic heterocycles. The molecule has 0 spiro atoms. The molecule has 0 amide bonds. The van der Waals surface area contributed by atoms with Gasteiger partial charge in [-0.15, -0.1) is 0 Å². The maximum absolute atomic E-state index is 11.1. The average molecular weight is 462 g/mol. The zero-order chi connectivity index (χ0) is 22.3. The van der Waals surface area contributed by atoms with Crippen LogP contribution in [-0.4, -0.2) is 47.6 Å². The molecule has 170 valence electrons. The van der Waals surface area contributed by atoms with Gasteiger partial charge in [0.2, 0.25) is 6.79 Å².